The maximum absolute atomic E-state index is 13.5. The summed E-state index contributed by atoms with van der Waals surface area (Å²) < 4.78 is 44.4. The third-order valence-electron chi connectivity index (χ3n) is 5.87. The van der Waals surface area contributed by atoms with Gasteiger partial charge >= 0.3 is 0 Å². The van der Waals surface area contributed by atoms with Crippen molar-refractivity contribution in [1.29, 1.82) is 0 Å². The molecule has 0 aromatic heterocycles. The molecule has 0 spiro atoms. The minimum atomic E-state index is -4.05. The van der Waals surface area contributed by atoms with Gasteiger partial charge in [-0.05, 0) is 18.2 Å². The number of benzene rings is 2. The molecular formula is C21H25N3O8S. The zero-order valence-electron chi connectivity index (χ0n) is 18.3. The lowest BCUT2D eigenvalue weighted by molar-refractivity contribution is -0.385. The molecule has 0 bridgehead atoms. The monoisotopic (exact) mass is 479 g/mol. The number of non-ortho nitro benzene ring substituents is 1. The SMILES string of the molecule is COc1ccc(OC)c2c1CN(c1ccc([N+](=O)[O-])cc1S(=O)(=O)N1CCOCC1)C[C@@H]2O. The number of nitro groups is 1. The summed E-state index contributed by atoms with van der Waals surface area (Å²) >= 11 is 0. The van der Waals surface area contributed by atoms with Crippen molar-refractivity contribution in [2.75, 3.05) is 52.0 Å². The normalized spacial score (nSPS) is 19.1. The maximum Gasteiger partial charge on any atom is 0.270 e. The quantitative estimate of drug-likeness (QED) is 0.485. The number of β-amino-alcohol motifs (C(OH)–C–C–N with tert-alkyl or cyclic N) is 1. The van der Waals surface area contributed by atoms with Crippen LogP contribution in [0.3, 0.4) is 0 Å². The first kappa shape index (κ1) is 23.2. The molecule has 1 atom stereocenters. The standard InChI is InChI=1S/C21H25N3O8S/c1-30-18-5-6-19(31-2)21-15(18)12-22(13-17(21)25)16-4-3-14(24(26)27)11-20(16)33(28,29)23-7-9-32-10-8-23/h3-6,11,17,25H,7-10,12-13H2,1-2H3/t17-/m0/s1. The summed E-state index contributed by atoms with van der Waals surface area (Å²) in [5, 5.41) is 22.4. The van der Waals surface area contributed by atoms with Gasteiger partial charge in [-0.2, -0.15) is 4.31 Å². The third kappa shape index (κ3) is 4.22. The lowest BCUT2D eigenvalue weighted by Gasteiger charge is -2.36. The van der Waals surface area contributed by atoms with Gasteiger partial charge in [-0.15, -0.1) is 0 Å². The Bertz CT molecular complexity index is 1160. The number of anilines is 1. The first-order valence-corrected chi connectivity index (χ1v) is 11.7. The second kappa shape index (κ2) is 9.14. The van der Waals surface area contributed by atoms with E-state index in [1.54, 1.807) is 17.0 Å². The number of fused-ring (bicyclic) bond motifs is 1. The van der Waals surface area contributed by atoms with E-state index in [2.05, 4.69) is 0 Å². The molecular weight excluding hydrogens is 454 g/mol. The Kier molecular flexibility index (Phi) is 6.43. The van der Waals surface area contributed by atoms with Gasteiger partial charge in [-0.1, -0.05) is 0 Å². The van der Waals surface area contributed by atoms with Crippen LogP contribution >= 0.6 is 0 Å². The van der Waals surface area contributed by atoms with Gasteiger partial charge in [0.2, 0.25) is 10.0 Å². The molecule has 1 saturated heterocycles. The lowest BCUT2D eigenvalue weighted by Crippen LogP contribution is -2.42. The van der Waals surface area contributed by atoms with E-state index >= 15 is 0 Å². The van der Waals surface area contributed by atoms with Crippen molar-refractivity contribution < 1.29 is 32.7 Å². The zero-order chi connectivity index (χ0) is 23.8. The number of rotatable bonds is 6. The number of methoxy groups -OCH3 is 2. The Morgan fingerprint density at radius 3 is 2.42 bits per heavy atom. The smallest absolute Gasteiger partial charge is 0.270 e. The number of nitrogens with zero attached hydrogens (tertiary/aromatic N) is 3. The van der Waals surface area contributed by atoms with Crippen LogP contribution in [-0.4, -0.2) is 69.8 Å². The van der Waals surface area contributed by atoms with E-state index in [1.807, 2.05) is 0 Å². The highest BCUT2D eigenvalue weighted by molar-refractivity contribution is 7.89. The Morgan fingerprint density at radius 2 is 1.79 bits per heavy atom. The highest BCUT2D eigenvalue weighted by atomic mass is 32.2. The van der Waals surface area contributed by atoms with Gasteiger partial charge in [0.15, 0.2) is 0 Å². The number of morpholine rings is 1. The maximum atomic E-state index is 13.5. The van der Waals surface area contributed by atoms with Crippen molar-refractivity contribution in [1.82, 2.24) is 4.31 Å². The van der Waals surface area contributed by atoms with E-state index in [0.717, 1.165) is 6.07 Å². The molecule has 2 aromatic rings. The number of hydrogen-bond acceptors (Lipinski definition) is 9. The molecule has 2 aromatic carbocycles. The molecule has 0 aliphatic carbocycles. The van der Waals surface area contributed by atoms with Gasteiger partial charge < -0.3 is 24.2 Å². The predicted octanol–water partition coefficient (Wildman–Crippen LogP) is 1.69. The molecule has 0 amide bonds. The first-order chi connectivity index (χ1) is 15.8. The molecule has 1 fully saturated rings. The molecule has 0 saturated carbocycles. The van der Waals surface area contributed by atoms with Crippen molar-refractivity contribution in [3.63, 3.8) is 0 Å². The highest BCUT2D eigenvalue weighted by Crippen LogP contribution is 2.42. The molecule has 33 heavy (non-hydrogen) atoms. The summed E-state index contributed by atoms with van der Waals surface area (Å²) in [6, 6.07) is 7.17. The molecule has 2 aliphatic heterocycles. The van der Waals surface area contributed by atoms with Crippen LogP contribution in [-0.2, 0) is 21.3 Å². The molecule has 2 aliphatic rings. The molecule has 12 heteroatoms. The second-order valence-electron chi connectivity index (χ2n) is 7.68. The minimum absolute atomic E-state index is 0.0694. The van der Waals surface area contributed by atoms with Crippen molar-refractivity contribution in [2.24, 2.45) is 0 Å². The summed E-state index contributed by atoms with van der Waals surface area (Å²) in [5.74, 6) is 1.02. The van der Waals surface area contributed by atoms with Crippen LogP contribution in [0, 0.1) is 10.1 Å². The van der Waals surface area contributed by atoms with Crippen LogP contribution in [0.15, 0.2) is 35.2 Å². The largest absolute Gasteiger partial charge is 0.496 e. The van der Waals surface area contributed by atoms with Crippen LogP contribution in [0.5, 0.6) is 11.5 Å². The van der Waals surface area contributed by atoms with Crippen molar-refractivity contribution in [3.8, 4) is 11.5 Å². The Hall–Kier alpha value is -2.93. The predicted molar refractivity (Wildman–Crippen MR) is 118 cm³/mol. The molecule has 1 N–H and O–H groups in total. The second-order valence-corrected chi connectivity index (χ2v) is 9.59. The number of aliphatic hydroxyl groups excluding tert-OH is 1. The Balaban J connectivity index is 1.82. The van der Waals surface area contributed by atoms with E-state index in [4.69, 9.17) is 14.2 Å². The number of nitro benzene ring substituents is 1. The average Bonchev–Trinajstić information content (AvgIpc) is 2.83. The molecule has 0 radical (unpaired) electrons. The fraction of sp³-hybridized carbons (Fsp3) is 0.429. The van der Waals surface area contributed by atoms with Crippen LogP contribution < -0.4 is 14.4 Å². The van der Waals surface area contributed by atoms with Crippen LogP contribution in [0.1, 0.15) is 17.2 Å². The number of ether oxygens (including phenoxy) is 3. The first-order valence-electron chi connectivity index (χ1n) is 10.3. The Labute approximate surface area is 191 Å². The van der Waals surface area contributed by atoms with E-state index in [0.29, 0.717) is 22.6 Å². The molecule has 178 valence electrons. The van der Waals surface area contributed by atoms with Gasteiger partial charge in [0, 0.05) is 49.4 Å². The van der Waals surface area contributed by atoms with E-state index in [-0.39, 0.29) is 55.7 Å². The van der Waals surface area contributed by atoms with E-state index < -0.39 is 21.1 Å². The topological polar surface area (TPSA) is 132 Å². The average molecular weight is 480 g/mol. The summed E-state index contributed by atoms with van der Waals surface area (Å²) in [7, 11) is -1.04. The number of sulfonamides is 1. The zero-order valence-corrected chi connectivity index (χ0v) is 19.1. The summed E-state index contributed by atoms with van der Waals surface area (Å²) in [6.45, 7) is 1.09. The minimum Gasteiger partial charge on any atom is -0.496 e. The van der Waals surface area contributed by atoms with Crippen molar-refractivity contribution in [2.45, 2.75) is 17.5 Å². The van der Waals surface area contributed by atoms with Gasteiger partial charge in [0.1, 0.15) is 22.5 Å². The molecule has 0 unspecified atom stereocenters. The van der Waals surface area contributed by atoms with Gasteiger partial charge in [0.25, 0.3) is 5.69 Å². The highest BCUT2D eigenvalue weighted by Gasteiger charge is 2.35. The van der Waals surface area contributed by atoms with Crippen LogP contribution in [0.25, 0.3) is 0 Å². The fourth-order valence-electron chi connectivity index (χ4n) is 4.27. The summed E-state index contributed by atoms with van der Waals surface area (Å²) in [6.07, 6.45) is -0.993. The lowest BCUT2D eigenvalue weighted by atomic mass is 9.94. The third-order valence-corrected chi connectivity index (χ3v) is 7.80. The van der Waals surface area contributed by atoms with Crippen LogP contribution in [0.2, 0.25) is 0 Å². The summed E-state index contributed by atoms with van der Waals surface area (Å²) in [4.78, 5) is 12.3. The van der Waals surface area contributed by atoms with Gasteiger partial charge in [-0.3, -0.25) is 10.1 Å². The van der Waals surface area contributed by atoms with Crippen molar-refractivity contribution in [3.05, 3.63) is 51.6 Å². The molecule has 4 rings (SSSR count). The number of aliphatic hydroxyl groups is 1. The van der Waals surface area contributed by atoms with Crippen LogP contribution in [0.4, 0.5) is 11.4 Å². The van der Waals surface area contributed by atoms with E-state index in [1.165, 1.54) is 30.7 Å². The van der Waals surface area contributed by atoms with Gasteiger partial charge in [-0.25, -0.2) is 8.42 Å². The van der Waals surface area contributed by atoms with Gasteiger partial charge in [0.05, 0.1) is 38.0 Å². The summed E-state index contributed by atoms with van der Waals surface area (Å²) in [5.41, 5.74) is 1.17. The molecule has 2 heterocycles. The number of hydrogen-bond donors (Lipinski definition) is 1. The van der Waals surface area contributed by atoms with E-state index in [9.17, 15) is 23.6 Å². The molecule has 11 nitrogen and oxygen atoms in total. The van der Waals surface area contributed by atoms with Crippen molar-refractivity contribution >= 4 is 21.4 Å². The fourth-order valence-corrected chi connectivity index (χ4v) is 5.91. The Morgan fingerprint density at radius 1 is 1.12 bits per heavy atom.